The molecule has 0 aliphatic heterocycles. The summed E-state index contributed by atoms with van der Waals surface area (Å²) in [6.07, 6.45) is 5.69. The molecule has 0 radical (unpaired) electrons. The topological polar surface area (TPSA) is 65.8 Å². The van der Waals surface area contributed by atoms with E-state index in [1.54, 1.807) is 6.07 Å². The minimum Gasteiger partial charge on any atom is -0.347 e. The fourth-order valence-electron chi connectivity index (χ4n) is 2.97. The van der Waals surface area contributed by atoms with E-state index in [-0.39, 0.29) is 11.3 Å². The highest BCUT2D eigenvalue weighted by molar-refractivity contribution is 5.92. The maximum absolute atomic E-state index is 14.0. The molecule has 116 valence electrons. The maximum atomic E-state index is 14.0. The van der Waals surface area contributed by atoms with Gasteiger partial charge in [0.25, 0.3) is 5.91 Å². The fourth-order valence-corrected chi connectivity index (χ4v) is 2.97. The lowest BCUT2D eigenvalue weighted by Crippen LogP contribution is -2.26. The van der Waals surface area contributed by atoms with Crippen molar-refractivity contribution in [2.24, 2.45) is 0 Å². The molecule has 0 atom stereocenters. The monoisotopic (exact) mass is 309 g/mol. The number of pyridine rings is 1. The SMILES string of the molecule is N#Cc1ccnc(C(=O)NCc2cccc3c2CCCC3)c1F. The Morgan fingerprint density at radius 3 is 2.96 bits per heavy atom. The van der Waals surface area contributed by atoms with Crippen LogP contribution in [0.2, 0.25) is 0 Å². The number of amides is 1. The minimum atomic E-state index is -0.873. The zero-order chi connectivity index (χ0) is 16.2. The van der Waals surface area contributed by atoms with Crippen LogP contribution in [0.4, 0.5) is 4.39 Å². The number of nitrogens with zero attached hydrogens (tertiary/aromatic N) is 2. The van der Waals surface area contributed by atoms with E-state index in [2.05, 4.69) is 16.4 Å². The number of fused-ring (bicyclic) bond motifs is 1. The fraction of sp³-hybridized carbons (Fsp3) is 0.278. The molecule has 0 spiro atoms. The van der Waals surface area contributed by atoms with Crippen molar-refractivity contribution in [3.63, 3.8) is 0 Å². The molecule has 1 amide bonds. The predicted molar refractivity (Wildman–Crippen MR) is 83.2 cm³/mol. The van der Waals surface area contributed by atoms with Crippen LogP contribution < -0.4 is 5.32 Å². The first-order chi connectivity index (χ1) is 11.2. The van der Waals surface area contributed by atoms with E-state index in [0.29, 0.717) is 6.54 Å². The Morgan fingerprint density at radius 1 is 1.30 bits per heavy atom. The molecule has 23 heavy (non-hydrogen) atoms. The quantitative estimate of drug-likeness (QED) is 0.948. The number of hydrogen-bond acceptors (Lipinski definition) is 3. The van der Waals surface area contributed by atoms with Crippen LogP contribution in [0.5, 0.6) is 0 Å². The third kappa shape index (κ3) is 3.07. The van der Waals surface area contributed by atoms with E-state index in [4.69, 9.17) is 5.26 Å². The van der Waals surface area contributed by atoms with Crippen LogP contribution in [0, 0.1) is 17.1 Å². The van der Waals surface area contributed by atoms with Crippen molar-refractivity contribution in [1.29, 1.82) is 5.26 Å². The molecule has 2 aromatic rings. The van der Waals surface area contributed by atoms with Crippen LogP contribution >= 0.6 is 0 Å². The zero-order valence-corrected chi connectivity index (χ0v) is 12.6. The average molecular weight is 309 g/mol. The molecule has 0 saturated heterocycles. The molecule has 4 nitrogen and oxygen atoms in total. The van der Waals surface area contributed by atoms with E-state index >= 15 is 0 Å². The molecule has 1 heterocycles. The number of aromatic nitrogens is 1. The molecule has 0 saturated carbocycles. The maximum Gasteiger partial charge on any atom is 0.273 e. The van der Waals surface area contributed by atoms with Gasteiger partial charge in [-0.15, -0.1) is 0 Å². The molecule has 1 aliphatic rings. The van der Waals surface area contributed by atoms with Crippen molar-refractivity contribution in [3.05, 3.63) is 64.2 Å². The van der Waals surface area contributed by atoms with Gasteiger partial charge in [0.05, 0.1) is 5.56 Å². The van der Waals surface area contributed by atoms with E-state index in [0.717, 1.165) is 24.8 Å². The van der Waals surface area contributed by atoms with Crippen LogP contribution in [-0.2, 0) is 19.4 Å². The zero-order valence-electron chi connectivity index (χ0n) is 12.6. The Bertz CT molecular complexity index is 795. The lowest BCUT2D eigenvalue weighted by atomic mass is 9.88. The van der Waals surface area contributed by atoms with Gasteiger partial charge in [0.15, 0.2) is 11.5 Å². The van der Waals surface area contributed by atoms with Gasteiger partial charge in [0.1, 0.15) is 6.07 Å². The van der Waals surface area contributed by atoms with Crippen LogP contribution in [0.25, 0.3) is 0 Å². The lowest BCUT2D eigenvalue weighted by molar-refractivity contribution is 0.0941. The van der Waals surface area contributed by atoms with E-state index in [1.165, 1.54) is 29.8 Å². The highest BCUT2D eigenvalue weighted by Gasteiger charge is 2.18. The number of nitriles is 1. The minimum absolute atomic E-state index is 0.178. The Balaban J connectivity index is 1.77. The Morgan fingerprint density at radius 2 is 2.13 bits per heavy atom. The van der Waals surface area contributed by atoms with Crippen LogP contribution in [-0.4, -0.2) is 10.9 Å². The highest BCUT2D eigenvalue weighted by Crippen LogP contribution is 2.24. The second kappa shape index (κ2) is 6.57. The molecular formula is C18H16FN3O. The number of halogens is 1. The van der Waals surface area contributed by atoms with Crippen LogP contribution in [0.1, 0.15) is 45.6 Å². The van der Waals surface area contributed by atoms with E-state index in [1.807, 2.05) is 12.1 Å². The Labute approximate surface area is 134 Å². The number of aryl methyl sites for hydroxylation is 1. The van der Waals surface area contributed by atoms with E-state index < -0.39 is 11.7 Å². The molecule has 5 heteroatoms. The van der Waals surface area contributed by atoms with Gasteiger partial charge in [0, 0.05) is 12.7 Å². The van der Waals surface area contributed by atoms with Gasteiger partial charge < -0.3 is 5.32 Å². The van der Waals surface area contributed by atoms with Gasteiger partial charge in [-0.3, -0.25) is 4.79 Å². The molecule has 1 N–H and O–H groups in total. The second-order valence-corrected chi connectivity index (χ2v) is 5.58. The van der Waals surface area contributed by atoms with Gasteiger partial charge in [-0.25, -0.2) is 9.37 Å². The molecule has 1 aliphatic carbocycles. The summed E-state index contributed by atoms with van der Waals surface area (Å²) in [5.41, 5.74) is 3.17. The largest absolute Gasteiger partial charge is 0.347 e. The molecule has 1 aromatic heterocycles. The summed E-state index contributed by atoms with van der Waals surface area (Å²) in [5, 5.41) is 11.5. The van der Waals surface area contributed by atoms with Gasteiger partial charge in [-0.1, -0.05) is 18.2 Å². The standard InChI is InChI=1S/C18H16FN3O/c19-16-13(10-20)8-9-21-17(16)18(23)22-11-14-6-3-5-12-4-1-2-7-15(12)14/h3,5-6,8-9H,1-2,4,7,11H2,(H,22,23). The normalized spacial score (nSPS) is 13.0. The summed E-state index contributed by atoms with van der Waals surface area (Å²) in [7, 11) is 0. The van der Waals surface area contributed by atoms with Crippen molar-refractivity contribution in [3.8, 4) is 6.07 Å². The number of hydrogen-bond donors (Lipinski definition) is 1. The van der Waals surface area contributed by atoms with Gasteiger partial charge in [-0.05, 0) is 48.4 Å². The van der Waals surface area contributed by atoms with E-state index in [9.17, 15) is 9.18 Å². The molecule has 1 aromatic carbocycles. The van der Waals surface area contributed by atoms with Crippen molar-refractivity contribution < 1.29 is 9.18 Å². The number of rotatable bonds is 3. The Kier molecular flexibility index (Phi) is 4.33. The Hall–Kier alpha value is -2.74. The van der Waals surface area contributed by atoms with Crippen molar-refractivity contribution >= 4 is 5.91 Å². The first-order valence-electron chi connectivity index (χ1n) is 7.63. The number of carbonyl (C=O) groups is 1. The second-order valence-electron chi connectivity index (χ2n) is 5.58. The van der Waals surface area contributed by atoms with Crippen molar-refractivity contribution in [1.82, 2.24) is 10.3 Å². The molecule has 3 rings (SSSR count). The summed E-state index contributed by atoms with van der Waals surface area (Å²) in [6.45, 7) is 0.333. The smallest absolute Gasteiger partial charge is 0.273 e. The summed E-state index contributed by atoms with van der Waals surface area (Å²) in [5.74, 6) is -1.48. The highest BCUT2D eigenvalue weighted by atomic mass is 19.1. The summed E-state index contributed by atoms with van der Waals surface area (Å²) in [6, 6.07) is 9.06. The summed E-state index contributed by atoms with van der Waals surface area (Å²) < 4.78 is 14.0. The average Bonchev–Trinajstić information content (AvgIpc) is 2.60. The predicted octanol–water partition coefficient (Wildman–Crippen LogP) is 2.90. The van der Waals surface area contributed by atoms with Crippen LogP contribution in [0.15, 0.2) is 30.5 Å². The number of nitrogens with one attached hydrogen (secondary N) is 1. The number of carbonyl (C=O) groups excluding carboxylic acids is 1. The third-order valence-corrected chi connectivity index (χ3v) is 4.16. The van der Waals surface area contributed by atoms with Crippen LogP contribution in [0.3, 0.4) is 0 Å². The first kappa shape index (κ1) is 15.2. The van der Waals surface area contributed by atoms with Gasteiger partial charge in [-0.2, -0.15) is 5.26 Å². The molecular weight excluding hydrogens is 293 g/mol. The molecule has 0 fully saturated rings. The van der Waals surface area contributed by atoms with Crippen molar-refractivity contribution in [2.75, 3.05) is 0 Å². The number of benzene rings is 1. The summed E-state index contributed by atoms with van der Waals surface area (Å²) in [4.78, 5) is 15.9. The lowest BCUT2D eigenvalue weighted by Gasteiger charge is -2.19. The van der Waals surface area contributed by atoms with Crippen molar-refractivity contribution in [2.45, 2.75) is 32.2 Å². The third-order valence-electron chi connectivity index (χ3n) is 4.16. The molecule has 0 unspecified atom stereocenters. The van der Waals surface area contributed by atoms with Gasteiger partial charge in [0.2, 0.25) is 0 Å². The summed E-state index contributed by atoms with van der Waals surface area (Å²) >= 11 is 0. The molecule has 0 bridgehead atoms. The first-order valence-corrected chi connectivity index (χ1v) is 7.63. The van der Waals surface area contributed by atoms with Gasteiger partial charge >= 0.3 is 0 Å².